The molecule has 5 heteroatoms. The molecule has 160 valence electrons. The van der Waals surface area contributed by atoms with Crippen molar-refractivity contribution in [3.63, 3.8) is 0 Å². The standard InChI is InChI=1S/C27H24BrN3O/c28-22-6-7-25-23(17-22)24(18-26(30-25)21-8-12-29-13-9-21)27(32)31-14-10-20(11-15-31)16-19-4-2-1-3-5-19/h1-9,12-13,17-18,20H,10-11,14-16H2. The second kappa shape index (κ2) is 9.21. The maximum absolute atomic E-state index is 13.6. The molecule has 0 atom stereocenters. The molecule has 3 heterocycles. The van der Waals surface area contributed by atoms with E-state index in [1.807, 2.05) is 41.3 Å². The largest absolute Gasteiger partial charge is 0.339 e. The van der Waals surface area contributed by atoms with E-state index in [9.17, 15) is 4.79 Å². The maximum Gasteiger partial charge on any atom is 0.254 e. The number of likely N-dealkylation sites (tertiary alicyclic amines) is 1. The molecule has 0 spiro atoms. The molecule has 0 N–H and O–H groups in total. The summed E-state index contributed by atoms with van der Waals surface area (Å²) in [5, 5.41) is 0.883. The monoisotopic (exact) mass is 485 g/mol. The third-order valence-electron chi connectivity index (χ3n) is 6.25. The summed E-state index contributed by atoms with van der Waals surface area (Å²) in [6.07, 6.45) is 6.65. The molecule has 1 amide bonds. The molecule has 4 nitrogen and oxygen atoms in total. The highest BCUT2D eigenvalue weighted by Gasteiger charge is 2.25. The Bertz CT molecular complexity index is 1240. The topological polar surface area (TPSA) is 46.1 Å². The summed E-state index contributed by atoms with van der Waals surface area (Å²) in [5.41, 5.74) is 4.67. The Kier molecular flexibility index (Phi) is 5.99. The average molecular weight is 486 g/mol. The third-order valence-corrected chi connectivity index (χ3v) is 6.74. The molecule has 5 rings (SSSR count). The van der Waals surface area contributed by atoms with E-state index in [-0.39, 0.29) is 5.91 Å². The minimum Gasteiger partial charge on any atom is -0.339 e. The van der Waals surface area contributed by atoms with Crippen LogP contribution in [0, 0.1) is 5.92 Å². The number of aromatic nitrogens is 2. The number of hydrogen-bond acceptors (Lipinski definition) is 3. The highest BCUT2D eigenvalue weighted by molar-refractivity contribution is 9.10. The van der Waals surface area contributed by atoms with Gasteiger partial charge < -0.3 is 4.90 Å². The molecule has 1 fully saturated rings. The number of pyridine rings is 2. The fraction of sp³-hybridized carbons (Fsp3) is 0.222. The first-order chi connectivity index (χ1) is 15.7. The molecule has 4 aromatic rings. The molecule has 1 saturated heterocycles. The van der Waals surface area contributed by atoms with Crippen molar-refractivity contribution in [1.29, 1.82) is 0 Å². The zero-order valence-corrected chi connectivity index (χ0v) is 19.3. The van der Waals surface area contributed by atoms with Crippen LogP contribution >= 0.6 is 15.9 Å². The van der Waals surface area contributed by atoms with Gasteiger partial charge in [-0.3, -0.25) is 9.78 Å². The van der Waals surface area contributed by atoms with Gasteiger partial charge in [0, 0.05) is 40.9 Å². The molecule has 2 aromatic heterocycles. The van der Waals surface area contributed by atoms with E-state index in [0.717, 1.165) is 59.0 Å². The second-order valence-corrected chi connectivity index (χ2v) is 9.29. The molecule has 32 heavy (non-hydrogen) atoms. The van der Waals surface area contributed by atoms with E-state index in [2.05, 4.69) is 51.2 Å². The second-order valence-electron chi connectivity index (χ2n) is 8.38. The normalized spacial score (nSPS) is 14.6. The Balaban J connectivity index is 1.41. The number of halogens is 1. The van der Waals surface area contributed by atoms with Gasteiger partial charge in [0.2, 0.25) is 0 Å². The fourth-order valence-electron chi connectivity index (χ4n) is 4.50. The van der Waals surface area contributed by atoms with Gasteiger partial charge in [0.15, 0.2) is 0 Å². The van der Waals surface area contributed by atoms with Crippen molar-refractivity contribution in [2.24, 2.45) is 5.92 Å². The SMILES string of the molecule is O=C(c1cc(-c2ccncc2)nc2ccc(Br)cc12)N1CCC(Cc2ccccc2)CC1. The quantitative estimate of drug-likeness (QED) is 0.348. The van der Waals surface area contributed by atoms with Crippen LogP contribution in [0.2, 0.25) is 0 Å². The molecule has 1 aliphatic heterocycles. The molecule has 0 saturated carbocycles. The van der Waals surface area contributed by atoms with Crippen molar-refractivity contribution in [2.45, 2.75) is 19.3 Å². The lowest BCUT2D eigenvalue weighted by Crippen LogP contribution is -2.39. The van der Waals surface area contributed by atoms with Crippen molar-refractivity contribution in [3.05, 3.63) is 94.7 Å². The molecule has 1 aliphatic rings. The van der Waals surface area contributed by atoms with Gasteiger partial charge in [0.1, 0.15) is 0 Å². The van der Waals surface area contributed by atoms with E-state index in [1.54, 1.807) is 12.4 Å². The van der Waals surface area contributed by atoms with Crippen LogP contribution in [0.5, 0.6) is 0 Å². The Hall–Kier alpha value is -3.05. The van der Waals surface area contributed by atoms with E-state index in [1.165, 1.54) is 5.56 Å². The third kappa shape index (κ3) is 4.44. The van der Waals surface area contributed by atoms with Crippen LogP contribution < -0.4 is 0 Å². The molecule has 2 aromatic carbocycles. The number of nitrogens with zero attached hydrogens (tertiary/aromatic N) is 3. The summed E-state index contributed by atoms with van der Waals surface area (Å²) in [6.45, 7) is 1.58. The van der Waals surface area contributed by atoms with Gasteiger partial charge in [0.05, 0.1) is 16.8 Å². The summed E-state index contributed by atoms with van der Waals surface area (Å²) in [7, 11) is 0. The van der Waals surface area contributed by atoms with Gasteiger partial charge >= 0.3 is 0 Å². The van der Waals surface area contributed by atoms with Crippen molar-refractivity contribution in [1.82, 2.24) is 14.9 Å². The van der Waals surface area contributed by atoms with Gasteiger partial charge in [-0.1, -0.05) is 46.3 Å². The summed E-state index contributed by atoms with van der Waals surface area (Å²) in [4.78, 5) is 24.6. The molecule has 0 unspecified atom stereocenters. The number of carbonyl (C=O) groups is 1. The first-order valence-electron chi connectivity index (χ1n) is 11.0. The van der Waals surface area contributed by atoms with Crippen LogP contribution in [-0.2, 0) is 6.42 Å². The summed E-state index contributed by atoms with van der Waals surface area (Å²) in [5.74, 6) is 0.709. The van der Waals surface area contributed by atoms with Crippen molar-refractivity contribution in [3.8, 4) is 11.3 Å². The number of carbonyl (C=O) groups excluding carboxylic acids is 1. The predicted octanol–water partition coefficient (Wildman–Crippen LogP) is 6.15. The molecular formula is C27H24BrN3O. The molecular weight excluding hydrogens is 462 g/mol. The number of rotatable bonds is 4. The van der Waals surface area contributed by atoms with Crippen molar-refractivity contribution < 1.29 is 4.79 Å². The molecule has 0 aliphatic carbocycles. The first-order valence-corrected chi connectivity index (χ1v) is 11.8. The Morgan fingerprint density at radius 3 is 2.47 bits per heavy atom. The zero-order chi connectivity index (χ0) is 21.9. The van der Waals surface area contributed by atoms with Crippen LogP contribution in [0.4, 0.5) is 0 Å². The molecule has 0 radical (unpaired) electrons. The van der Waals surface area contributed by atoms with Crippen LogP contribution in [0.3, 0.4) is 0 Å². The number of piperidine rings is 1. The van der Waals surface area contributed by atoms with Gasteiger partial charge in [-0.15, -0.1) is 0 Å². The van der Waals surface area contributed by atoms with E-state index < -0.39 is 0 Å². The minimum absolute atomic E-state index is 0.0870. The van der Waals surface area contributed by atoms with Gasteiger partial charge in [-0.05, 0) is 67.1 Å². The van der Waals surface area contributed by atoms with Crippen LogP contribution in [0.15, 0.2) is 83.6 Å². The Morgan fingerprint density at radius 2 is 1.72 bits per heavy atom. The summed E-state index contributed by atoms with van der Waals surface area (Å²) < 4.78 is 0.944. The number of hydrogen-bond donors (Lipinski definition) is 0. The van der Waals surface area contributed by atoms with Gasteiger partial charge in [-0.25, -0.2) is 4.98 Å². The zero-order valence-electron chi connectivity index (χ0n) is 17.7. The lowest BCUT2D eigenvalue weighted by molar-refractivity contribution is 0.0692. The van der Waals surface area contributed by atoms with Gasteiger partial charge in [-0.2, -0.15) is 0 Å². The van der Waals surface area contributed by atoms with E-state index in [4.69, 9.17) is 4.98 Å². The van der Waals surface area contributed by atoms with E-state index in [0.29, 0.717) is 11.5 Å². The van der Waals surface area contributed by atoms with Crippen LogP contribution in [-0.4, -0.2) is 33.9 Å². The number of fused-ring (bicyclic) bond motifs is 1. The van der Waals surface area contributed by atoms with Crippen LogP contribution in [0.1, 0.15) is 28.8 Å². The highest BCUT2D eigenvalue weighted by Crippen LogP contribution is 2.29. The lowest BCUT2D eigenvalue weighted by atomic mass is 9.90. The van der Waals surface area contributed by atoms with Crippen molar-refractivity contribution >= 4 is 32.7 Å². The molecule has 0 bridgehead atoms. The Labute approximate surface area is 196 Å². The predicted molar refractivity (Wildman–Crippen MR) is 131 cm³/mol. The number of amides is 1. The summed E-state index contributed by atoms with van der Waals surface area (Å²) in [6, 6.07) is 22.4. The highest BCUT2D eigenvalue weighted by atomic mass is 79.9. The van der Waals surface area contributed by atoms with E-state index >= 15 is 0 Å². The summed E-state index contributed by atoms with van der Waals surface area (Å²) >= 11 is 3.55. The minimum atomic E-state index is 0.0870. The maximum atomic E-state index is 13.6. The lowest BCUT2D eigenvalue weighted by Gasteiger charge is -2.32. The van der Waals surface area contributed by atoms with Gasteiger partial charge in [0.25, 0.3) is 5.91 Å². The smallest absolute Gasteiger partial charge is 0.254 e. The number of benzene rings is 2. The average Bonchev–Trinajstić information content (AvgIpc) is 2.85. The first kappa shape index (κ1) is 20.8. The Morgan fingerprint density at radius 1 is 0.969 bits per heavy atom. The van der Waals surface area contributed by atoms with Crippen molar-refractivity contribution in [2.75, 3.05) is 13.1 Å². The van der Waals surface area contributed by atoms with Crippen LogP contribution in [0.25, 0.3) is 22.2 Å². The fourth-order valence-corrected chi connectivity index (χ4v) is 4.86.